The zero-order chi connectivity index (χ0) is 51.4. The first-order valence-corrected chi connectivity index (χ1v) is 31.4. The fourth-order valence-corrected chi connectivity index (χ4v) is 10.3. The summed E-state index contributed by atoms with van der Waals surface area (Å²) in [5.41, 5.74) is 4.84. The standard InChI is InChI=1S/C59H80O11Si2/c1-58(2,3)71(7,8)66-41-48-50(61-36-43-26-16-11-17-27-43)52(62-37-44-28-18-12-19-29-44)55(65-40-47-34-24-15-25-35-47)57(69-48)70-51-49(42-67-72(9,10)59(4,5)6)68-56(60)54(64-39-46-32-22-14-23-33-46)53(51)63-38-45-30-20-13-21-31-45/h11-35,48-57,60H,36-42H2,1-10H3/t48-,49-,50-,51-,52+,53+,54-,55-,56+,57+/m1/s1. The predicted molar refractivity (Wildman–Crippen MR) is 286 cm³/mol. The van der Waals surface area contributed by atoms with Crippen LogP contribution in [0.3, 0.4) is 0 Å². The van der Waals surface area contributed by atoms with Gasteiger partial charge in [-0.05, 0) is 64.1 Å². The van der Waals surface area contributed by atoms with Gasteiger partial charge in [0.2, 0.25) is 0 Å². The Kier molecular flexibility index (Phi) is 19.8. The third kappa shape index (κ3) is 15.3. The second-order valence-electron chi connectivity index (χ2n) is 22.2. The van der Waals surface area contributed by atoms with E-state index in [1.54, 1.807) is 0 Å². The first-order chi connectivity index (χ1) is 34.4. The molecular weight excluding hydrogens is 941 g/mol. The molecule has 2 saturated heterocycles. The molecule has 11 nitrogen and oxygen atoms in total. The number of aliphatic hydroxyl groups is 1. The van der Waals surface area contributed by atoms with Crippen LogP contribution < -0.4 is 0 Å². The molecule has 0 spiro atoms. The van der Waals surface area contributed by atoms with E-state index in [4.69, 9.17) is 46.7 Å². The number of hydrogen-bond acceptors (Lipinski definition) is 11. The molecule has 0 saturated carbocycles. The molecule has 0 aromatic heterocycles. The van der Waals surface area contributed by atoms with E-state index < -0.39 is 78.0 Å². The molecule has 0 bridgehead atoms. The van der Waals surface area contributed by atoms with E-state index in [1.165, 1.54) is 0 Å². The lowest BCUT2D eigenvalue weighted by atomic mass is 9.96. The monoisotopic (exact) mass is 1020 g/mol. The van der Waals surface area contributed by atoms with Crippen molar-refractivity contribution in [2.45, 2.75) is 172 Å². The zero-order valence-corrected chi connectivity index (χ0v) is 46.2. The van der Waals surface area contributed by atoms with Gasteiger partial charge in [-0.3, -0.25) is 0 Å². The lowest BCUT2D eigenvalue weighted by Gasteiger charge is -2.50. The van der Waals surface area contributed by atoms with Crippen LogP contribution in [0.15, 0.2) is 152 Å². The van der Waals surface area contributed by atoms with Crippen molar-refractivity contribution in [3.05, 3.63) is 179 Å². The topological polar surface area (TPSA) is 113 Å². The highest BCUT2D eigenvalue weighted by atomic mass is 28.4. The smallest absolute Gasteiger partial charge is 0.192 e. The van der Waals surface area contributed by atoms with Crippen molar-refractivity contribution in [2.75, 3.05) is 13.2 Å². The van der Waals surface area contributed by atoms with Crippen molar-refractivity contribution in [1.82, 2.24) is 0 Å². The second kappa shape index (κ2) is 25.6. The molecule has 5 aromatic rings. The first-order valence-electron chi connectivity index (χ1n) is 25.6. The Morgan fingerprint density at radius 1 is 0.389 bits per heavy atom. The van der Waals surface area contributed by atoms with Crippen LogP contribution in [-0.2, 0) is 79.8 Å². The summed E-state index contributed by atoms with van der Waals surface area (Å²) in [5.74, 6) is 0. The third-order valence-corrected chi connectivity index (χ3v) is 23.7. The van der Waals surface area contributed by atoms with Crippen LogP contribution in [0.4, 0.5) is 0 Å². The summed E-state index contributed by atoms with van der Waals surface area (Å²) in [6.45, 7) is 23.7. The van der Waals surface area contributed by atoms with Crippen molar-refractivity contribution in [2.24, 2.45) is 0 Å². The van der Waals surface area contributed by atoms with Gasteiger partial charge >= 0.3 is 0 Å². The fourth-order valence-electron chi connectivity index (χ4n) is 8.25. The van der Waals surface area contributed by atoms with E-state index in [-0.39, 0.29) is 49.7 Å². The summed E-state index contributed by atoms with van der Waals surface area (Å²) in [6, 6.07) is 50.1. The number of rotatable bonds is 23. The Hall–Kier alpha value is -3.91. The van der Waals surface area contributed by atoms with Crippen molar-refractivity contribution in [1.29, 1.82) is 0 Å². The largest absolute Gasteiger partial charge is 0.414 e. The molecule has 0 radical (unpaired) electrons. The molecule has 7 rings (SSSR count). The van der Waals surface area contributed by atoms with Crippen LogP contribution in [0.25, 0.3) is 0 Å². The van der Waals surface area contributed by atoms with E-state index >= 15 is 0 Å². The van der Waals surface area contributed by atoms with Crippen LogP contribution in [0.1, 0.15) is 69.4 Å². The van der Waals surface area contributed by atoms with E-state index in [0.29, 0.717) is 6.61 Å². The van der Waals surface area contributed by atoms with Crippen LogP contribution in [0, 0.1) is 0 Å². The summed E-state index contributed by atoms with van der Waals surface area (Å²) in [7, 11) is -4.72. The molecule has 2 aliphatic heterocycles. The van der Waals surface area contributed by atoms with Gasteiger partial charge in [0.1, 0.15) is 48.8 Å². The molecule has 5 aromatic carbocycles. The molecule has 10 atom stereocenters. The van der Waals surface area contributed by atoms with E-state index in [9.17, 15) is 5.11 Å². The molecule has 0 unspecified atom stereocenters. The molecule has 0 aliphatic carbocycles. The minimum absolute atomic E-state index is 0.0851. The predicted octanol–water partition coefficient (Wildman–Crippen LogP) is 11.8. The lowest BCUT2D eigenvalue weighted by molar-refractivity contribution is -0.372. The van der Waals surface area contributed by atoms with Gasteiger partial charge in [0.25, 0.3) is 0 Å². The summed E-state index contributed by atoms with van der Waals surface area (Å²) < 4.78 is 70.4. The molecular formula is C59H80O11Si2. The molecule has 2 heterocycles. The Balaban J connectivity index is 1.34. The van der Waals surface area contributed by atoms with Gasteiger partial charge in [-0.2, -0.15) is 0 Å². The summed E-state index contributed by atoms with van der Waals surface area (Å²) in [4.78, 5) is 0. The number of ether oxygens (including phenoxy) is 8. The van der Waals surface area contributed by atoms with Gasteiger partial charge < -0.3 is 51.9 Å². The van der Waals surface area contributed by atoms with E-state index in [0.717, 1.165) is 27.8 Å². The first kappa shape index (κ1) is 55.8. The normalized spacial score (nSPS) is 25.3. The Labute approximate surface area is 431 Å². The van der Waals surface area contributed by atoms with Crippen LogP contribution in [0.5, 0.6) is 0 Å². The molecule has 390 valence electrons. The highest BCUT2D eigenvalue weighted by Gasteiger charge is 2.55. The van der Waals surface area contributed by atoms with E-state index in [2.05, 4.69) is 79.9 Å². The average molecular weight is 1020 g/mol. The quantitative estimate of drug-likeness (QED) is 0.0631. The number of aliphatic hydroxyl groups excluding tert-OH is 1. The van der Waals surface area contributed by atoms with Crippen molar-refractivity contribution < 1.29 is 51.9 Å². The zero-order valence-electron chi connectivity index (χ0n) is 44.2. The molecule has 2 aliphatic rings. The molecule has 13 heteroatoms. The third-order valence-electron chi connectivity index (χ3n) is 14.7. The van der Waals surface area contributed by atoms with Crippen LogP contribution in [-0.4, -0.2) is 96.4 Å². The van der Waals surface area contributed by atoms with Crippen LogP contribution in [0.2, 0.25) is 36.3 Å². The van der Waals surface area contributed by atoms with Crippen molar-refractivity contribution >= 4 is 16.6 Å². The van der Waals surface area contributed by atoms with Crippen LogP contribution >= 0.6 is 0 Å². The SMILES string of the molecule is CC(C)(C)[Si](C)(C)OC[C@H]1O[C@H](O)[C@H](OCc2ccccc2)[C@@H](OCc2ccccc2)[C@@H]1O[C@@H]1O[C@H](CO[Si](C)(C)C(C)(C)C)[C@@H](OCc2ccccc2)[C@H](OCc2ccccc2)[C@H]1OCc1ccccc1. The Morgan fingerprint density at radius 3 is 1.03 bits per heavy atom. The maximum Gasteiger partial charge on any atom is 0.192 e. The summed E-state index contributed by atoms with van der Waals surface area (Å²) >= 11 is 0. The van der Waals surface area contributed by atoms with Crippen molar-refractivity contribution in [3.63, 3.8) is 0 Å². The lowest BCUT2D eigenvalue weighted by Crippen LogP contribution is -2.66. The summed E-state index contributed by atoms with van der Waals surface area (Å²) in [5, 5.41) is 11.9. The van der Waals surface area contributed by atoms with E-state index in [1.807, 2.05) is 140 Å². The Bertz CT molecular complexity index is 2310. The second-order valence-corrected chi connectivity index (χ2v) is 31.8. The van der Waals surface area contributed by atoms with Gasteiger partial charge in [-0.15, -0.1) is 0 Å². The summed E-state index contributed by atoms with van der Waals surface area (Å²) in [6.07, 6.45) is -9.08. The number of benzene rings is 5. The Morgan fingerprint density at radius 2 is 0.681 bits per heavy atom. The maximum atomic E-state index is 12.1. The van der Waals surface area contributed by atoms with Gasteiger partial charge in [0, 0.05) is 0 Å². The maximum absolute atomic E-state index is 12.1. The van der Waals surface area contributed by atoms with Gasteiger partial charge in [-0.1, -0.05) is 193 Å². The highest BCUT2D eigenvalue weighted by molar-refractivity contribution is 6.74. The van der Waals surface area contributed by atoms with Gasteiger partial charge in [0.05, 0.1) is 46.2 Å². The molecule has 72 heavy (non-hydrogen) atoms. The molecule has 2 fully saturated rings. The molecule has 1 N–H and O–H groups in total. The average Bonchev–Trinajstić information content (AvgIpc) is 3.36. The molecule has 0 amide bonds. The van der Waals surface area contributed by atoms with Crippen molar-refractivity contribution in [3.8, 4) is 0 Å². The minimum atomic E-state index is -2.38. The number of hydrogen-bond donors (Lipinski definition) is 1. The minimum Gasteiger partial charge on any atom is -0.414 e. The van der Waals surface area contributed by atoms with Gasteiger partial charge in [-0.25, -0.2) is 0 Å². The fraction of sp³-hybridized carbons (Fsp3) is 0.492. The van der Waals surface area contributed by atoms with Gasteiger partial charge in [0.15, 0.2) is 29.2 Å². The highest BCUT2D eigenvalue weighted by Crippen LogP contribution is 2.41.